The van der Waals surface area contributed by atoms with Crippen molar-refractivity contribution in [3.63, 3.8) is 0 Å². The third kappa shape index (κ3) is 1.42. The lowest BCUT2D eigenvalue weighted by Crippen LogP contribution is -1.91. The number of ether oxygens (including phenoxy) is 1. The molecule has 0 saturated heterocycles. The second kappa shape index (κ2) is 3.41. The van der Waals surface area contributed by atoms with Gasteiger partial charge in [-0.05, 0) is 12.1 Å². The third-order valence-electron chi connectivity index (χ3n) is 1.92. The predicted octanol–water partition coefficient (Wildman–Crippen LogP) is 1.93. The Morgan fingerprint density at radius 1 is 1.43 bits per heavy atom. The van der Waals surface area contributed by atoms with Crippen LogP contribution < -0.4 is 10.5 Å². The summed E-state index contributed by atoms with van der Waals surface area (Å²) >= 11 is 0. The molecule has 1 aromatic heterocycles. The van der Waals surface area contributed by atoms with Gasteiger partial charge in [0.05, 0.1) is 18.9 Å². The van der Waals surface area contributed by atoms with Crippen molar-refractivity contribution >= 4 is 5.69 Å². The fourth-order valence-corrected chi connectivity index (χ4v) is 1.22. The summed E-state index contributed by atoms with van der Waals surface area (Å²) in [7, 11) is 1.60. The molecule has 0 atom stereocenters. The van der Waals surface area contributed by atoms with E-state index in [0.29, 0.717) is 11.6 Å². The lowest BCUT2D eigenvalue weighted by molar-refractivity contribution is 0.415. The highest BCUT2D eigenvalue weighted by molar-refractivity contribution is 5.71. The van der Waals surface area contributed by atoms with Crippen molar-refractivity contribution in [3.8, 4) is 17.2 Å². The number of nitrogens with two attached hydrogens (primary N) is 1. The van der Waals surface area contributed by atoms with Crippen LogP contribution in [-0.4, -0.2) is 12.1 Å². The van der Waals surface area contributed by atoms with Crippen LogP contribution in [0.2, 0.25) is 0 Å². The van der Waals surface area contributed by atoms with E-state index in [1.807, 2.05) is 12.1 Å². The second-order valence-corrected chi connectivity index (χ2v) is 2.79. The number of hydrogen-bond acceptors (Lipinski definition) is 4. The van der Waals surface area contributed by atoms with Gasteiger partial charge in [0.2, 0.25) is 5.89 Å². The van der Waals surface area contributed by atoms with Crippen molar-refractivity contribution in [2.45, 2.75) is 0 Å². The Kier molecular flexibility index (Phi) is 2.10. The number of aromatic nitrogens is 1. The standard InChI is InChI=1S/C10H10N2O2/c1-13-7-2-3-8(9(11)6-7)10-12-4-5-14-10/h2-6H,11H2,1H3. The van der Waals surface area contributed by atoms with Gasteiger partial charge in [-0.15, -0.1) is 0 Å². The molecule has 1 aromatic carbocycles. The van der Waals surface area contributed by atoms with Crippen LogP contribution in [0, 0.1) is 0 Å². The van der Waals surface area contributed by atoms with Crippen molar-refractivity contribution in [1.29, 1.82) is 0 Å². The highest BCUT2D eigenvalue weighted by Gasteiger charge is 2.07. The molecule has 0 amide bonds. The Labute approximate surface area is 81.3 Å². The van der Waals surface area contributed by atoms with Crippen LogP contribution in [0.1, 0.15) is 0 Å². The lowest BCUT2D eigenvalue weighted by Gasteiger charge is -2.04. The Hall–Kier alpha value is -1.97. The summed E-state index contributed by atoms with van der Waals surface area (Å²) < 4.78 is 10.2. The van der Waals surface area contributed by atoms with E-state index >= 15 is 0 Å². The van der Waals surface area contributed by atoms with Gasteiger partial charge in [-0.25, -0.2) is 4.98 Å². The van der Waals surface area contributed by atoms with Crippen LogP contribution in [-0.2, 0) is 0 Å². The molecule has 0 aliphatic heterocycles. The van der Waals surface area contributed by atoms with Gasteiger partial charge < -0.3 is 14.9 Å². The molecule has 72 valence electrons. The van der Waals surface area contributed by atoms with E-state index in [2.05, 4.69) is 4.98 Å². The number of anilines is 1. The van der Waals surface area contributed by atoms with Crippen LogP contribution >= 0.6 is 0 Å². The Bertz CT molecular complexity index is 424. The first kappa shape index (κ1) is 8.62. The van der Waals surface area contributed by atoms with Crippen LogP contribution in [0.25, 0.3) is 11.5 Å². The fraction of sp³-hybridized carbons (Fsp3) is 0.100. The van der Waals surface area contributed by atoms with Gasteiger partial charge in [0, 0.05) is 11.8 Å². The molecule has 0 spiro atoms. The third-order valence-corrected chi connectivity index (χ3v) is 1.92. The molecule has 0 saturated carbocycles. The largest absolute Gasteiger partial charge is 0.497 e. The zero-order valence-electron chi connectivity index (χ0n) is 7.73. The average molecular weight is 190 g/mol. The van der Waals surface area contributed by atoms with E-state index in [9.17, 15) is 0 Å². The van der Waals surface area contributed by atoms with Crippen molar-refractivity contribution < 1.29 is 9.15 Å². The minimum absolute atomic E-state index is 0.519. The molecule has 0 aliphatic rings. The van der Waals surface area contributed by atoms with Crippen molar-refractivity contribution in [3.05, 3.63) is 30.7 Å². The Balaban J connectivity index is 2.46. The minimum atomic E-state index is 0.519. The fourth-order valence-electron chi connectivity index (χ4n) is 1.22. The molecule has 0 aliphatic carbocycles. The van der Waals surface area contributed by atoms with Crippen molar-refractivity contribution in [1.82, 2.24) is 4.98 Å². The quantitative estimate of drug-likeness (QED) is 0.735. The highest BCUT2D eigenvalue weighted by atomic mass is 16.5. The molecule has 1 heterocycles. The van der Waals surface area contributed by atoms with Gasteiger partial charge in [0.1, 0.15) is 12.0 Å². The van der Waals surface area contributed by atoms with E-state index in [4.69, 9.17) is 14.9 Å². The number of benzene rings is 1. The molecule has 4 heteroatoms. The maximum Gasteiger partial charge on any atom is 0.227 e. The van der Waals surface area contributed by atoms with Gasteiger partial charge in [-0.1, -0.05) is 0 Å². The lowest BCUT2D eigenvalue weighted by atomic mass is 10.2. The topological polar surface area (TPSA) is 61.3 Å². The molecule has 0 fully saturated rings. The first-order chi connectivity index (χ1) is 6.81. The van der Waals surface area contributed by atoms with Gasteiger partial charge >= 0.3 is 0 Å². The van der Waals surface area contributed by atoms with Gasteiger partial charge in [-0.3, -0.25) is 0 Å². The van der Waals surface area contributed by atoms with Gasteiger partial charge in [0.25, 0.3) is 0 Å². The zero-order chi connectivity index (χ0) is 9.97. The molecule has 2 rings (SSSR count). The minimum Gasteiger partial charge on any atom is -0.497 e. The molecule has 2 aromatic rings. The van der Waals surface area contributed by atoms with E-state index < -0.39 is 0 Å². The number of nitrogen functional groups attached to an aromatic ring is 1. The number of methoxy groups -OCH3 is 1. The SMILES string of the molecule is COc1ccc(-c2ncco2)c(N)c1. The predicted molar refractivity (Wildman–Crippen MR) is 52.9 cm³/mol. The summed E-state index contributed by atoms with van der Waals surface area (Å²) in [5.74, 6) is 1.24. The molecular formula is C10H10N2O2. The summed E-state index contributed by atoms with van der Waals surface area (Å²) in [5.41, 5.74) is 7.17. The first-order valence-corrected chi connectivity index (χ1v) is 4.14. The molecule has 0 bridgehead atoms. The van der Waals surface area contributed by atoms with Crippen LogP contribution in [0.15, 0.2) is 35.1 Å². The van der Waals surface area contributed by atoms with Crippen LogP contribution in [0.3, 0.4) is 0 Å². The van der Waals surface area contributed by atoms with E-state index in [1.165, 1.54) is 6.26 Å². The van der Waals surface area contributed by atoms with Crippen molar-refractivity contribution in [2.24, 2.45) is 0 Å². The maximum atomic E-state index is 5.81. The summed E-state index contributed by atoms with van der Waals surface area (Å²) in [4.78, 5) is 4.02. The second-order valence-electron chi connectivity index (χ2n) is 2.79. The van der Waals surface area contributed by atoms with E-state index in [0.717, 1.165) is 11.3 Å². The molecule has 14 heavy (non-hydrogen) atoms. The summed E-state index contributed by atoms with van der Waals surface area (Å²) in [6.45, 7) is 0. The molecule has 0 radical (unpaired) electrons. The Morgan fingerprint density at radius 2 is 2.29 bits per heavy atom. The van der Waals surface area contributed by atoms with E-state index in [-0.39, 0.29) is 0 Å². The smallest absolute Gasteiger partial charge is 0.227 e. The normalized spacial score (nSPS) is 10.1. The Morgan fingerprint density at radius 3 is 2.86 bits per heavy atom. The van der Waals surface area contributed by atoms with Gasteiger partial charge in [0.15, 0.2) is 0 Å². The first-order valence-electron chi connectivity index (χ1n) is 4.14. The van der Waals surface area contributed by atoms with Crippen LogP contribution in [0.4, 0.5) is 5.69 Å². The monoisotopic (exact) mass is 190 g/mol. The molecular weight excluding hydrogens is 180 g/mol. The number of oxazole rings is 1. The highest BCUT2D eigenvalue weighted by Crippen LogP contribution is 2.27. The average Bonchev–Trinajstić information content (AvgIpc) is 2.70. The van der Waals surface area contributed by atoms with E-state index in [1.54, 1.807) is 19.4 Å². The van der Waals surface area contributed by atoms with Crippen LogP contribution in [0.5, 0.6) is 5.75 Å². The molecule has 4 nitrogen and oxygen atoms in total. The summed E-state index contributed by atoms with van der Waals surface area (Å²) in [6, 6.07) is 5.37. The number of rotatable bonds is 2. The zero-order valence-corrected chi connectivity index (χ0v) is 7.73. The summed E-state index contributed by atoms with van der Waals surface area (Å²) in [5, 5.41) is 0. The van der Waals surface area contributed by atoms with Crippen molar-refractivity contribution in [2.75, 3.05) is 12.8 Å². The molecule has 2 N–H and O–H groups in total. The summed E-state index contributed by atoms with van der Waals surface area (Å²) in [6.07, 6.45) is 3.10. The number of nitrogens with zero attached hydrogens (tertiary/aromatic N) is 1. The maximum absolute atomic E-state index is 5.81. The molecule has 0 unspecified atom stereocenters. The van der Waals surface area contributed by atoms with Gasteiger partial charge in [-0.2, -0.15) is 0 Å². The number of hydrogen-bond donors (Lipinski definition) is 1.